The number of hydrogen-bond donors (Lipinski definition) is 2. The summed E-state index contributed by atoms with van der Waals surface area (Å²) in [5.41, 5.74) is 3.33. The molecule has 0 bridgehead atoms. The predicted molar refractivity (Wildman–Crippen MR) is 100 cm³/mol. The summed E-state index contributed by atoms with van der Waals surface area (Å²) in [6, 6.07) is 13.7. The number of hydrogen-bond acceptors (Lipinski definition) is 4. The summed E-state index contributed by atoms with van der Waals surface area (Å²) in [5, 5.41) is 16.9. The third kappa shape index (κ3) is 3.35. The minimum Gasteiger partial charge on any atom is -0.505 e. The third-order valence-electron chi connectivity index (χ3n) is 4.23. The highest BCUT2D eigenvalue weighted by atomic mass is 16.3. The molecule has 0 aliphatic rings. The van der Waals surface area contributed by atoms with Crippen LogP contribution in [0, 0.1) is 20.8 Å². The molecule has 0 unspecified atom stereocenters. The van der Waals surface area contributed by atoms with Crippen LogP contribution < -0.4 is 10.9 Å². The Morgan fingerprint density at radius 1 is 1.08 bits per heavy atom. The number of nitrogens with one attached hydrogen (secondary N) is 1. The van der Waals surface area contributed by atoms with Gasteiger partial charge in [-0.25, -0.2) is 0 Å². The van der Waals surface area contributed by atoms with Crippen LogP contribution in [0.25, 0.3) is 5.69 Å². The van der Waals surface area contributed by atoms with Gasteiger partial charge in [0, 0.05) is 11.8 Å². The lowest BCUT2D eigenvalue weighted by molar-refractivity contribution is 0.101. The first-order valence-corrected chi connectivity index (χ1v) is 8.15. The second kappa shape index (κ2) is 6.84. The van der Waals surface area contributed by atoms with Crippen LogP contribution in [0.2, 0.25) is 0 Å². The van der Waals surface area contributed by atoms with E-state index in [0.717, 1.165) is 27.4 Å². The fourth-order valence-corrected chi connectivity index (χ4v) is 2.62. The number of carbonyl (C=O) groups excluding carboxylic acids is 1. The maximum absolute atomic E-state index is 12.6. The molecule has 0 saturated heterocycles. The third-order valence-corrected chi connectivity index (χ3v) is 4.23. The highest BCUT2D eigenvalue weighted by Gasteiger charge is 2.18. The molecule has 0 radical (unpaired) electrons. The summed E-state index contributed by atoms with van der Waals surface area (Å²) >= 11 is 0. The van der Waals surface area contributed by atoms with Gasteiger partial charge < -0.3 is 10.4 Å². The molecule has 0 aliphatic carbocycles. The first-order chi connectivity index (χ1) is 12.4. The predicted octanol–water partition coefficient (Wildman–Crippen LogP) is 3.12. The van der Waals surface area contributed by atoms with Crippen molar-refractivity contribution in [3.63, 3.8) is 0 Å². The van der Waals surface area contributed by atoms with Crippen molar-refractivity contribution in [3.8, 4) is 11.4 Å². The Morgan fingerprint density at radius 3 is 2.54 bits per heavy atom. The molecule has 1 heterocycles. The van der Waals surface area contributed by atoms with Crippen LogP contribution in [0.1, 0.15) is 27.2 Å². The number of carbonyl (C=O) groups is 1. The van der Waals surface area contributed by atoms with Crippen molar-refractivity contribution in [2.24, 2.45) is 0 Å². The van der Waals surface area contributed by atoms with Crippen molar-refractivity contribution >= 4 is 11.6 Å². The smallest absolute Gasteiger partial charge is 0.279 e. The van der Waals surface area contributed by atoms with Crippen molar-refractivity contribution in [3.05, 3.63) is 81.3 Å². The molecule has 1 amide bonds. The molecule has 2 aromatic carbocycles. The van der Waals surface area contributed by atoms with E-state index in [1.54, 1.807) is 24.3 Å². The van der Waals surface area contributed by atoms with Crippen LogP contribution in [-0.4, -0.2) is 20.8 Å². The summed E-state index contributed by atoms with van der Waals surface area (Å²) in [7, 11) is 0. The minimum atomic E-state index is -0.586. The van der Waals surface area contributed by atoms with E-state index >= 15 is 0 Å². The molecule has 2 N–H and O–H groups in total. The molecule has 26 heavy (non-hydrogen) atoms. The van der Waals surface area contributed by atoms with Gasteiger partial charge >= 0.3 is 0 Å². The van der Waals surface area contributed by atoms with Gasteiger partial charge in [0.05, 0.1) is 5.69 Å². The van der Waals surface area contributed by atoms with Crippen molar-refractivity contribution < 1.29 is 9.90 Å². The monoisotopic (exact) mass is 349 g/mol. The Balaban J connectivity index is 2.02. The molecular weight excluding hydrogens is 330 g/mol. The second-order valence-electron chi connectivity index (χ2n) is 6.17. The molecule has 3 rings (SSSR count). The van der Waals surface area contributed by atoms with Gasteiger partial charge in [-0.1, -0.05) is 24.3 Å². The lowest BCUT2D eigenvalue weighted by Crippen LogP contribution is -2.25. The molecule has 0 fully saturated rings. The Bertz CT molecular complexity index is 1050. The Kier molecular flexibility index (Phi) is 4.58. The maximum atomic E-state index is 12.6. The molecular formula is C20H19N3O3. The quantitative estimate of drug-likeness (QED) is 0.761. The van der Waals surface area contributed by atoms with Gasteiger partial charge in [-0.3, -0.25) is 9.59 Å². The lowest BCUT2D eigenvalue weighted by Gasteiger charge is -2.12. The average molecular weight is 349 g/mol. The zero-order chi connectivity index (χ0) is 18.8. The Hall–Kier alpha value is -3.41. The summed E-state index contributed by atoms with van der Waals surface area (Å²) in [5.74, 6) is -1.04. The van der Waals surface area contributed by atoms with E-state index in [-0.39, 0.29) is 5.69 Å². The minimum absolute atomic E-state index is 0.216. The van der Waals surface area contributed by atoms with Gasteiger partial charge in [0.25, 0.3) is 11.5 Å². The van der Waals surface area contributed by atoms with E-state index in [0.29, 0.717) is 11.4 Å². The van der Waals surface area contributed by atoms with Crippen molar-refractivity contribution in [1.82, 2.24) is 9.78 Å². The maximum Gasteiger partial charge on any atom is 0.279 e. The van der Waals surface area contributed by atoms with Crippen LogP contribution in [0.4, 0.5) is 5.69 Å². The molecule has 1 aromatic heterocycles. The van der Waals surface area contributed by atoms with Crippen LogP contribution in [0.3, 0.4) is 0 Å². The van der Waals surface area contributed by atoms with E-state index in [9.17, 15) is 14.7 Å². The molecule has 0 aliphatic heterocycles. The highest BCUT2D eigenvalue weighted by Crippen LogP contribution is 2.20. The first-order valence-electron chi connectivity index (χ1n) is 8.15. The number of aromatic hydroxyl groups is 1. The van der Waals surface area contributed by atoms with E-state index in [2.05, 4.69) is 10.4 Å². The molecule has 3 aromatic rings. The number of nitrogens with zero attached hydrogens (tertiary/aromatic N) is 2. The highest BCUT2D eigenvalue weighted by molar-refractivity contribution is 6.04. The zero-order valence-corrected chi connectivity index (χ0v) is 14.8. The van der Waals surface area contributed by atoms with Gasteiger partial charge in [-0.15, -0.1) is 0 Å². The molecule has 132 valence electrons. The molecule has 0 atom stereocenters. The van der Waals surface area contributed by atoms with Gasteiger partial charge in [0.2, 0.25) is 0 Å². The molecule has 0 saturated carbocycles. The fourth-order valence-electron chi connectivity index (χ4n) is 2.62. The van der Waals surface area contributed by atoms with Crippen LogP contribution in [-0.2, 0) is 0 Å². The SMILES string of the molecule is Cc1cccc(-n2nc(C(=O)Nc3cccc(C)c3C)c(O)cc2=O)c1. The van der Waals surface area contributed by atoms with Crippen molar-refractivity contribution in [2.75, 3.05) is 5.32 Å². The normalized spacial score (nSPS) is 10.6. The summed E-state index contributed by atoms with van der Waals surface area (Å²) in [4.78, 5) is 24.8. The average Bonchev–Trinajstić information content (AvgIpc) is 2.59. The Labute approximate surface area is 150 Å². The van der Waals surface area contributed by atoms with Gasteiger partial charge in [0.15, 0.2) is 11.4 Å². The van der Waals surface area contributed by atoms with E-state index in [1.165, 1.54) is 0 Å². The molecule has 6 heteroatoms. The number of anilines is 1. The largest absolute Gasteiger partial charge is 0.505 e. The van der Waals surface area contributed by atoms with E-state index in [1.807, 2.05) is 39.0 Å². The summed E-state index contributed by atoms with van der Waals surface area (Å²) in [6.07, 6.45) is 0. The number of amides is 1. The number of rotatable bonds is 3. The van der Waals surface area contributed by atoms with Crippen molar-refractivity contribution in [2.45, 2.75) is 20.8 Å². The van der Waals surface area contributed by atoms with Crippen molar-refractivity contribution in [1.29, 1.82) is 0 Å². The number of benzene rings is 2. The molecule has 6 nitrogen and oxygen atoms in total. The standard InChI is InChI=1S/C20H19N3O3/c1-12-6-4-8-15(10-12)23-18(25)11-17(24)19(22-23)20(26)21-16-9-5-7-13(2)14(16)3/h4-11,24H,1-3H3,(H,21,26). The number of aromatic nitrogens is 2. The zero-order valence-electron chi connectivity index (χ0n) is 14.8. The fraction of sp³-hybridized carbons (Fsp3) is 0.150. The van der Waals surface area contributed by atoms with Gasteiger partial charge in [-0.05, 0) is 55.7 Å². The van der Waals surface area contributed by atoms with Gasteiger partial charge in [-0.2, -0.15) is 9.78 Å². The molecule has 0 spiro atoms. The summed E-state index contributed by atoms with van der Waals surface area (Å²) < 4.78 is 1.10. The lowest BCUT2D eigenvalue weighted by atomic mass is 10.1. The van der Waals surface area contributed by atoms with Crippen LogP contribution in [0.15, 0.2) is 53.3 Å². The van der Waals surface area contributed by atoms with Crippen LogP contribution >= 0.6 is 0 Å². The second-order valence-corrected chi connectivity index (χ2v) is 6.17. The van der Waals surface area contributed by atoms with E-state index < -0.39 is 17.2 Å². The Morgan fingerprint density at radius 2 is 1.81 bits per heavy atom. The van der Waals surface area contributed by atoms with Crippen LogP contribution in [0.5, 0.6) is 5.75 Å². The summed E-state index contributed by atoms with van der Waals surface area (Å²) in [6.45, 7) is 5.73. The van der Waals surface area contributed by atoms with Gasteiger partial charge in [0.1, 0.15) is 0 Å². The first kappa shape index (κ1) is 17.4. The topological polar surface area (TPSA) is 84.2 Å². The number of aryl methyl sites for hydroxylation is 2. The van der Waals surface area contributed by atoms with E-state index in [4.69, 9.17) is 0 Å².